The topological polar surface area (TPSA) is 124 Å². The number of nitrogens with zero attached hydrogens (tertiary/aromatic N) is 3. The predicted octanol–water partition coefficient (Wildman–Crippen LogP) is 1.91. The van der Waals surface area contributed by atoms with E-state index in [2.05, 4.69) is 10.9 Å². The molecule has 1 aliphatic rings. The maximum atomic E-state index is 12.9. The number of hydrazine groups is 1. The number of carbonyl (C=O) groups excluding carboxylic acids is 2. The Morgan fingerprint density at radius 2 is 1.70 bits per heavy atom. The minimum atomic E-state index is -3.83. The zero-order chi connectivity index (χ0) is 23.6. The average molecular weight is 466 g/mol. The Morgan fingerprint density at radius 1 is 1.03 bits per heavy atom. The molecule has 0 radical (unpaired) electrons. The van der Waals surface area contributed by atoms with Gasteiger partial charge < -0.3 is 4.57 Å². The molecule has 1 aromatic heterocycles. The number of piperidine rings is 1. The van der Waals surface area contributed by atoms with Gasteiger partial charge >= 0.3 is 0 Å². The van der Waals surface area contributed by atoms with Crippen LogP contribution in [0.15, 0.2) is 59.6 Å². The molecule has 0 unspecified atom stereocenters. The summed E-state index contributed by atoms with van der Waals surface area (Å²) in [4.78, 5) is 25.2. The number of nitrogens with one attached hydrogen (secondary N) is 2. The number of hydrogen-bond acceptors (Lipinski definition) is 5. The summed E-state index contributed by atoms with van der Waals surface area (Å²) in [5, 5.41) is 10.00. The standard InChI is InChI=1S/C23H23N5O4S/c1-27-15-19(18-7-3-4-8-20(18)27)23(30)26-25-22(29)16-10-12-28(13-11-16)33(31,32)21-9-5-2-6-17(21)14-24/h2-9,15-16H,10-13H2,1H3,(H,25,29)(H,26,30). The van der Waals surface area contributed by atoms with E-state index in [0.29, 0.717) is 18.4 Å². The predicted molar refractivity (Wildman–Crippen MR) is 121 cm³/mol. The van der Waals surface area contributed by atoms with Crippen LogP contribution in [0.4, 0.5) is 0 Å². The van der Waals surface area contributed by atoms with Gasteiger partial charge in [-0.25, -0.2) is 8.42 Å². The number of nitriles is 1. The van der Waals surface area contributed by atoms with Gasteiger partial charge in [0.2, 0.25) is 15.9 Å². The van der Waals surface area contributed by atoms with E-state index >= 15 is 0 Å². The van der Waals surface area contributed by atoms with Gasteiger partial charge in [0.15, 0.2) is 0 Å². The van der Waals surface area contributed by atoms with E-state index in [9.17, 15) is 23.3 Å². The van der Waals surface area contributed by atoms with Crippen LogP contribution in [0.25, 0.3) is 10.9 Å². The minimum absolute atomic E-state index is 0.0299. The second-order valence-electron chi connectivity index (χ2n) is 7.90. The van der Waals surface area contributed by atoms with Gasteiger partial charge in [-0.2, -0.15) is 9.57 Å². The zero-order valence-corrected chi connectivity index (χ0v) is 18.8. The van der Waals surface area contributed by atoms with Crippen molar-refractivity contribution >= 4 is 32.7 Å². The van der Waals surface area contributed by atoms with Crippen molar-refractivity contribution in [3.05, 3.63) is 65.9 Å². The van der Waals surface area contributed by atoms with E-state index in [1.54, 1.807) is 18.3 Å². The maximum Gasteiger partial charge on any atom is 0.271 e. The molecule has 2 aromatic carbocycles. The molecule has 3 aromatic rings. The van der Waals surface area contributed by atoms with Crippen molar-refractivity contribution in [1.29, 1.82) is 5.26 Å². The lowest BCUT2D eigenvalue weighted by atomic mass is 9.98. The zero-order valence-electron chi connectivity index (χ0n) is 18.0. The van der Waals surface area contributed by atoms with Crippen LogP contribution in [0.5, 0.6) is 0 Å². The molecule has 0 bridgehead atoms. The first-order valence-corrected chi connectivity index (χ1v) is 11.9. The Balaban J connectivity index is 1.36. The van der Waals surface area contributed by atoms with Crippen molar-refractivity contribution in [3.63, 3.8) is 0 Å². The fourth-order valence-corrected chi connectivity index (χ4v) is 5.70. The van der Waals surface area contributed by atoms with Crippen molar-refractivity contribution in [1.82, 2.24) is 19.7 Å². The molecule has 1 aliphatic heterocycles. The van der Waals surface area contributed by atoms with Crippen LogP contribution in [-0.2, 0) is 21.9 Å². The summed E-state index contributed by atoms with van der Waals surface area (Å²) in [5.74, 6) is -1.22. The normalized spacial score (nSPS) is 15.2. The number of hydrogen-bond donors (Lipinski definition) is 2. The lowest BCUT2D eigenvalue weighted by Crippen LogP contribution is -2.48. The highest BCUT2D eigenvalue weighted by molar-refractivity contribution is 7.89. The van der Waals surface area contributed by atoms with Crippen LogP contribution < -0.4 is 10.9 Å². The van der Waals surface area contributed by atoms with Crippen molar-refractivity contribution < 1.29 is 18.0 Å². The Hall–Kier alpha value is -3.68. The number of rotatable bonds is 4. The molecule has 4 rings (SSSR count). The molecule has 170 valence electrons. The van der Waals surface area contributed by atoms with Gasteiger partial charge in [0.05, 0.1) is 16.0 Å². The van der Waals surface area contributed by atoms with Gasteiger partial charge in [-0.15, -0.1) is 0 Å². The van der Waals surface area contributed by atoms with E-state index in [0.717, 1.165) is 10.9 Å². The number of aromatic nitrogens is 1. The van der Waals surface area contributed by atoms with Crippen LogP contribution in [0.3, 0.4) is 0 Å². The molecule has 0 aliphatic carbocycles. The highest BCUT2D eigenvalue weighted by Gasteiger charge is 2.33. The number of para-hydroxylation sites is 1. The number of benzene rings is 2. The molecule has 1 fully saturated rings. The van der Waals surface area contributed by atoms with Gasteiger partial charge in [0, 0.05) is 43.2 Å². The molecule has 9 nitrogen and oxygen atoms in total. The number of carbonyl (C=O) groups is 2. The first-order valence-electron chi connectivity index (χ1n) is 10.5. The fourth-order valence-electron chi connectivity index (χ4n) is 4.09. The summed E-state index contributed by atoms with van der Waals surface area (Å²) < 4.78 is 29.0. The lowest BCUT2D eigenvalue weighted by Gasteiger charge is -2.30. The molecule has 2 amide bonds. The maximum absolute atomic E-state index is 12.9. The molecule has 2 N–H and O–H groups in total. The fraction of sp³-hybridized carbons (Fsp3) is 0.261. The van der Waals surface area contributed by atoms with Crippen molar-refractivity contribution in [2.75, 3.05) is 13.1 Å². The Labute approximate surface area is 191 Å². The van der Waals surface area contributed by atoms with Gasteiger partial charge in [0.1, 0.15) is 6.07 Å². The number of fused-ring (bicyclic) bond motifs is 1. The smallest absolute Gasteiger partial charge is 0.271 e. The SMILES string of the molecule is Cn1cc(C(=O)NNC(=O)C2CCN(S(=O)(=O)c3ccccc3C#N)CC2)c2ccccc21. The largest absolute Gasteiger partial charge is 0.350 e. The molecule has 0 atom stereocenters. The van der Waals surface area contributed by atoms with E-state index in [1.165, 1.54) is 16.4 Å². The molecule has 1 saturated heterocycles. The minimum Gasteiger partial charge on any atom is -0.350 e. The Bertz CT molecular complexity index is 1360. The summed E-state index contributed by atoms with van der Waals surface area (Å²) in [6.45, 7) is 0.301. The van der Waals surface area contributed by atoms with Crippen LogP contribution in [0, 0.1) is 17.2 Å². The summed E-state index contributed by atoms with van der Waals surface area (Å²) >= 11 is 0. The third kappa shape index (κ3) is 4.33. The molecule has 2 heterocycles. The molecule has 33 heavy (non-hydrogen) atoms. The lowest BCUT2D eigenvalue weighted by molar-refractivity contribution is -0.126. The summed E-state index contributed by atoms with van der Waals surface area (Å²) in [7, 11) is -1.99. The summed E-state index contributed by atoms with van der Waals surface area (Å²) in [5.41, 5.74) is 6.38. The third-order valence-electron chi connectivity index (χ3n) is 5.89. The van der Waals surface area contributed by atoms with Crippen LogP contribution >= 0.6 is 0 Å². The second kappa shape index (κ2) is 9.05. The molecular formula is C23H23N5O4S. The Kier molecular flexibility index (Phi) is 6.18. The first kappa shape index (κ1) is 22.5. The average Bonchev–Trinajstić information content (AvgIpc) is 3.19. The molecule has 0 saturated carbocycles. The van der Waals surface area contributed by atoms with Gasteiger partial charge in [-0.1, -0.05) is 30.3 Å². The van der Waals surface area contributed by atoms with Crippen molar-refractivity contribution in [2.45, 2.75) is 17.7 Å². The quantitative estimate of drug-likeness (QED) is 0.570. The highest BCUT2D eigenvalue weighted by atomic mass is 32.2. The van der Waals surface area contributed by atoms with Gasteiger partial charge in [-0.05, 0) is 31.0 Å². The molecule has 10 heteroatoms. The van der Waals surface area contributed by atoms with Crippen LogP contribution in [-0.4, -0.2) is 42.2 Å². The van der Waals surface area contributed by atoms with E-state index in [1.807, 2.05) is 41.9 Å². The molecule has 0 spiro atoms. The first-order chi connectivity index (χ1) is 15.8. The summed E-state index contributed by atoms with van der Waals surface area (Å²) in [6.07, 6.45) is 2.32. The van der Waals surface area contributed by atoms with E-state index in [-0.39, 0.29) is 29.5 Å². The van der Waals surface area contributed by atoms with Gasteiger partial charge in [-0.3, -0.25) is 20.4 Å². The van der Waals surface area contributed by atoms with Crippen LogP contribution in [0.2, 0.25) is 0 Å². The summed E-state index contributed by atoms with van der Waals surface area (Å²) in [6, 6.07) is 15.4. The number of sulfonamides is 1. The van der Waals surface area contributed by atoms with E-state index in [4.69, 9.17) is 0 Å². The third-order valence-corrected chi connectivity index (χ3v) is 7.85. The Morgan fingerprint density at radius 3 is 2.42 bits per heavy atom. The van der Waals surface area contributed by atoms with Crippen molar-refractivity contribution in [3.8, 4) is 6.07 Å². The van der Waals surface area contributed by atoms with Gasteiger partial charge in [0.25, 0.3) is 5.91 Å². The monoisotopic (exact) mass is 465 g/mol. The number of amides is 2. The van der Waals surface area contributed by atoms with Crippen LogP contribution in [0.1, 0.15) is 28.8 Å². The second-order valence-corrected chi connectivity index (χ2v) is 9.81. The molecular weight excluding hydrogens is 442 g/mol. The van der Waals surface area contributed by atoms with E-state index < -0.39 is 21.8 Å². The highest BCUT2D eigenvalue weighted by Crippen LogP contribution is 2.26. The number of aryl methyl sites for hydroxylation is 1. The van der Waals surface area contributed by atoms with Crippen molar-refractivity contribution in [2.24, 2.45) is 13.0 Å².